The molecule has 9 nitrogen and oxygen atoms in total. The van der Waals surface area contributed by atoms with Crippen molar-refractivity contribution in [2.45, 2.75) is 5.75 Å². The van der Waals surface area contributed by atoms with Crippen molar-refractivity contribution in [3.05, 3.63) is 78.5 Å². The number of nitrogens with zero attached hydrogens (tertiary/aromatic N) is 5. The first-order valence-corrected chi connectivity index (χ1v) is 10.9. The summed E-state index contributed by atoms with van der Waals surface area (Å²) in [6, 6.07) is 10.7. The van der Waals surface area contributed by atoms with Crippen molar-refractivity contribution < 1.29 is 13.6 Å². The third-order valence-electron chi connectivity index (χ3n) is 5.22. The van der Waals surface area contributed by atoms with E-state index in [0.29, 0.717) is 16.9 Å². The summed E-state index contributed by atoms with van der Waals surface area (Å²) >= 11 is -2.19. The van der Waals surface area contributed by atoms with Crippen LogP contribution in [-0.2, 0) is 16.8 Å². The second-order valence-corrected chi connectivity index (χ2v) is 8.18. The molecule has 0 aliphatic carbocycles. The molecule has 160 valence electrons. The molecule has 0 radical (unpaired) electrons. The van der Waals surface area contributed by atoms with Crippen LogP contribution in [-0.4, -0.2) is 46.3 Å². The van der Waals surface area contributed by atoms with Gasteiger partial charge >= 0.3 is 0 Å². The molecule has 32 heavy (non-hydrogen) atoms. The maximum atomic E-state index is 13.1. The summed E-state index contributed by atoms with van der Waals surface area (Å²) in [6.07, 6.45) is 8.56. The highest BCUT2D eigenvalue weighted by Crippen LogP contribution is 2.27. The quantitative estimate of drug-likeness (QED) is 0.416. The Balaban J connectivity index is 1.46. The lowest BCUT2D eigenvalue weighted by Crippen LogP contribution is -2.27. The first-order chi connectivity index (χ1) is 15.5. The Hall–Kier alpha value is -3.89. The molecule has 5 rings (SSSR count). The number of hydrogen-bond acceptors (Lipinski definition) is 6. The molecule has 0 bridgehead atoms. The number of carbonyl (C=O) groups is 1. The van der Waals surface area contributed by atoms with E-state index < -0.39 is 11.1 Å². The molecule has 5 aromatic rings. The molecule has 0 aliphatic heterocycles. The molecule has 5 heterocycles. The zero-order valence-corrected chi connectivity index (χ0v) is 17.7. The minimum absolute atomic E-state index is 0.116. The van der Waals surface area contributed by atoms with Gasteiger partial charge in [0.15, 0.2) is 0 Å². The monoisotopic (exact) mass is 445 g/mol. The SMILES string of the molecule is CN(C(=O)c1ccn2ncc(-c3cnc4[nH]ccc4c3)c2c1)c1ccc(CS(=O)[O-])cn1. The second kappa shape index (κ2) is 7.98. The Labute approximate surface area is 185 Å². The zero-order chi connectivity index (χ0) is 22.2. The molecule has 0 fully saturated rings. The van der Waals surface area contributed by atoms with E-state index in [1.54, 1.807) is 54.4 Å². The Morgan fingerprint density at radius 1 is 1.16 bits per heavy atom. The fraction of sp³-hybridized carbons (Fsp3) is 0.0909. The number of H-pyrrole nitrogens is 1. The molecule has 5 aromatic heterocycles. The summed E-state index contributed by atoms with van der Waals surface area (Å²) in [7, 11) is 1.63. The van der Waals surface area contributed by atoms with Crippen molar-refractivity contribution >= 4 is 39.4 Å². The van der Waals surface area contributed by atoms with E-state index in [1.165, 1.54) is 11.1 Å². The van der Waals surface area contributed by atoms with Gasteiger partial charge in [0.2, 0.25) is 0 Å². The van der Waals surface area contributed by atoms with Crippen molar-refractivity contribution in [2.24, 2.45) is 0 Å². The normalized spacial score (nSPS) is 12.3. The van der Waals surface area contributed by atoms with E-state index in [4.69, 9.17) is 0 Å². The van der Waals surface area contributed by atoms with Crippen LogP contribution in [0, 0.1) is 0 Å². The molecule has 0 spiro atoms. The van der Waals surface area contributed by atoms with E-state index >= 15 is 0 Å². The van der Waals surface area contributed by atoms with Gasteiger partial charge in [0.05, 0.1) is 11.7 Å². The summed E-state index contributed by atoms with van der Waals surface area (Å²) in [4.78, 5) is 26.3. The second-order valence-electron chi connectivity index (χ2n) is 7.28. The number of anilines is 1. The van der Waals surface area contributed by atoms with Gasteiger partial charge in [-0.2, -0.15) is 5.10 Å². The number of rotatable bonds is 5. The van der Waals surface area contributed by atoms with Gasteiger partial charge in [-0.3, -0.25) is 13.9 Å². The first-order valence-electron chi connectivity index (χ1n) is 9.69. The maximum Gasteiger partial charge on any atom is 0.259 e. The van der Waals surface area contributed by atoms with Crippen LogP contribution in [0.1, 0.15) is 15.9 Å². The average molecular weight is 445 g/mol. The lowest BCUT2D eigenvalue weighted by molar-refractivity contribution is 0.0992. The number of nitrogens with one attached hydrogen (secondary N) is 1. The largest absolute Gasteiger partial charge is 0.772 e. The fourth-order valence-corrected chi connectivity index (χ4v) is 4.00. The zero-order valence-electron chi connectivity index (χ0n) is 16.9. The van der Waals surface area contributed by atoms with Crippen LogP contribution in [0.2, 0.25) is 0 Å². The summed E-state index contributed by atoms with van der Waals surface area (Å²) < 4.78 is 23.4. The van der Waals surface area contributed by atoms with Crippen molar-refractivity contribution in [1.82, 2.24) is 24.6 Å². The minimum atomic E-state index is -2.19. The number of carbonyl (C=O) groups excluding carboxylic acids is 1. The number of aromatic amines is 1. The Morgan fingerprint density at radius 3 is 2.81 bits per heavy atom. The highest BCUT2D eigenvalue weighted by atomic mass is 32.2. The number of hydrogen-bond donors (Lipinski definition) is 1. The molecule has 1 N–H and O–H groups in total. The predicted molar refractivity (Wildman–Crippen MR) is 120 cm³/mol. The molecule has 1 amide bonds. The van der Waals surface area contributed by atoms with Gasteiger partial charge in [0.25, 0.3) is 5.91 Å². The van der Waals surface area contributed by atoms with E-state index in [1.807, 2.05) is 18.3 Å². The topological polar surface area (TPSA) is 119 Å². The van der Waals surface area contributed by atoms with E-state index in [0.717, 1.165) is 27.7 Å². The van der Waals surface area contributed by atoms with Gasteiger partial charge < -0.3 is 9.54 Å². The standard InChI is InChI=1S/C22H18N6O3S/c1-27(20-3-2-14(10-24-20)13-32(30)31)22(29)16-5-7-28-19(9-16)18(12-26-28)17-8-15-4-6-23-21(15)25-11-17/h2-12H,13H2,1H3,(H,23,25)(H,30,31)/p-1. The van der Waals surface area contributed by atoms with Crippen molar-refractivity contribution in [2.75, 3.05) is 11.9 Å². The molecular formula is C22H17N6O3S-. The van der Waals surface area contributed by atoms with Crippen LogP contribution in [0.5, 0.6) is 0 Å². The average Bonchev–Trinajstić information content (AvgIpc) is 3.44. The number of aromatic nitrogens is 5. The van der Waals surface area contributed by atoms with Gasteiger partial charge in [-0.15, -0.1) is 0 Å². The molecule has 1 atom stereocenters. The van der Waals surface area contributed by atoms with E-state index in [2.05, 4.69) is 20.1 Å². The van der Waals surface area contributed by atoms with Crippen LogP contribution < -0.4 is 4.90 Å². The van der Waals surface area contributed by atoms with Crippen LogP contribution in [0.4, 0.5) is 5.82 Å². The van der Waals surface area contributed by atoms with Crippen molar-refractivity contribution in [3.8, 4) is 11.1 Å². The maximum absolute atomic E-state index is 13.1. The third-order valence-corrected chi connectivity index (χ3v) is 5.79. The van der Waals surface area contributed by atoms with Crippen LogP contribution in [0.3, 0.4) is 0 Å². The van der Waals surface area contributed by atoms with Gasteiger partial charge in [-0.25, -0.2) is 14.5 Å². The van der Waals surface area contributed by atoms with Crippen LogP contribution >= 0.6 is 0 Å². The van der Waals surface area contributed by atoms with Crippen molar-refractivity contribution in [1.29, 1.82) is 0 Å². The van der Waals surface area contributed by atoms with Crippen LogP contribution in [0.15, 0.2) is 67.4 Å². The summed E-state index contributed by atoms with van der Waals surface area (Å²) in [6.45, 7) is 0. The van der Waals surface area contributed by atoms with Gasteiger partial charge in [-0.1, -0.05) is 17.1 Å². The van der Waals surface area contributed by atoms with E-state index in [-0.39, 0.29) is 11.7 Å². The third kappa shape index (κ3) is 3.66. The molecule has 0 saturated heterocycles. The van der Waals surface area contributed by atoms with Crippen molar-refractivity contribution in [3.63, 3.8) is 0 Å². The first kappa shape index (κ1) is 20.0. The minimum Gasteiger partial charge on any atom is -0.772 e. The molecule has 0 aliphatic rings. The molecule has 0 aromatic carbocycles. The van der Waals surface area contributed by atoms with Gasteiger partial charge in [-0.05, 0) is 35.9 Å². The highest BCUT2D eigenvalue weighted by Gasteiger charge is 2.17. The lowest BCUT2D eigenvalue weighted by Gasteiger charge is -2.17. The Kier molecular flexibility index (Phi) is 5.00. The highest BCUT2D eigenvalue weighted by molar-refractivity contribution is 7.78. The Morgan fingerprint density at radius 2 is 2.03 bits per heavy atom. The van der Waals surface area contributed by atoms with E-state index in [9.17, 15) is 13.6 Å². The summed E-state index contributed by atoms with van der Waals surface area (Å²) in [5.41, 5.74) is 4.39. The summed E-state index contributed by atoms with van der Waals surface area (Å²) in [5.74, 6) is 0.0623. The number of fused-ring (bicyclic) bond motifs is 2. The predicted octanol–water partition coefficient (Wildman–Crippen LogP) is 2.93. The summed E-state index contributed by atoms with van der Waals surface area (Å²) in [5, 5.41) is 5.38. The number of pyridine rings is 3. The smallest absolute Gasteiger partial charge is 0.259 e. The van der Waals surface area contributed by atoms with Gasteiger partial charge in [0.1, 0.15) is 11.5 Å². The fourth-order valence-electron chi connectivity index (χ4n) is 3.56. The van der Waals surface area contributed by atoms with Crippen LogP contribution in [0.25, 0.3) is 27.7 Å². The molecular weight excluding hydrogens is 428 g/mol. The molecule has 10 heteroatoms. The Bertz CT molecular complexity index is 1470. The lowest BCUT2D eigenvalue weighted by atomic mass is 10.1. The molecule has 0 saturated carbocycles. The number of amides is 1. The molecule has 1 unspecified atom stereocenters. The van der Waals surface area contributed by atoms with Gasteiger partial charge in [0, 0.05) is 59.7 Å².